The van der Waals surface area contributed by atoms with Crippen molar-refractivity contribution in [2.24, 2.45) is 0 Å². The molecule has 0 spiro atoms. The molecule has 0 aliphatic heterocycles. The Morgan fingerprint density at radius 3 is 2.52 bits per heavy atom. The van der Waals surface area contributed by atoms with Gasteiger partial charge in [-0.2, -0.15) is 5.26 Å². The number of aromatic nitrogens is 2. The van der Waals surface area contributed by atoms with Crippen LogP contribution in [0.5, 0.6) is 0 Å². The minimum atomic E-state index is 0.227. The van der Waals surface area contributed by atoms with Gasteiger partial charge >= 0.3 is 0 Å². The lowest BCUT2D eigenvalue weighted by Crippen LogP contribution is -2.30. The summed E-state index contributed by atoms with van der Waals surface area (Å²) >= 11 is 0. The van der Waals surface area contributed by atoms with Crippen LogP contribution in [0.15, 0.2) is 24.3 Å². The molecule has 0 bridgehead atoms. The van der Waals surface area contributed by atoms with E-state index in [4.69, 9.17) is 10.2 Å². The molecule has 0 fully saturated rings. The van der Waals surface area contributed by atoms with Crippen molar-refractivity contribution in [3.63, 3.8) is 0 Å². The minimum Gasteiger partial charge on any atom is -0.313 e. The summed E-state index contributed by atoms with van der Waals surface area (Å²) in [6.45, 7) is 9.07. The largest absolute Gasteiger partial charge is 0.313 e. The van der Waals surface area contributed by atoms with Crippen LogP contribution in [0.4, 0.5) is 0 Å². The maximum atomic E-state index is 9.14. The van der Waals surface area contributed by atoms with Crippen LogP contribution in [0.3, 0.4) is 0 Å². The van der Waals surface area contributed by atoms with Crippen LogP contribution >= 0.6 is 0 Å². The molecule has 0 aliphatic rings. The lowest BCUT2D eigenvalue weighted by Gasteiger charge is -2.28. The Morgan fingerprint density at radius 1 is 1.24 bits per heavy atom. The molecule has 4 nitrogen and oxygen atoms in total. The number of hydrogen-bond acceptors (Lipinski definition) is 3. The Balaban J connectivity index is 2.43. The Morgan fingerprint density at radius 2 is 1.90 bits per heavy atom. The number of fused-ring (bicyclic) bond motifs is 1. The second kappa shape index (κ2) is 7.24. The van der Waals surface area contributed by atoms with Crippen LogP contribution in [0, 0.1) is 11.3 Å². The highest BCUT2D eigenvalue weighted by molar-refractivity contribution is 5.76. The molecule has 0 aliphatic carbocycles. The van der Waals surface area contributed by atoms with E-state index in [2.05, 4.69) is 36.3 Å². The van der Waals surface area contributed by atoms with E-state index < -0.39 is 0 Å². The first kappa shape index (κ1) is 15.5. The zero-order valence-corrected chi connectivity index (χ0v) is 13.2. The highest BCUT2D eigenvalue weighted by Crippen LogP contribution is 2.25. The van der Waals surface area contributed by atoms with E-state index in [9.17, 15) is 0 Å². The zero-order valence-electron chi connectivity index (χ0n) is 13.2. The molecule has 0 amide bonds. The van der Waals surface area contributed by atoms with E-state index in [1.165, 1.54) is 0 Å². The van der Waals surface area contributed by atoms with Crippen molar-refractivity contribution in [2.45, 2.75) is 46.2 Å². The second-order valence-corrected chi connectivity index (χ2v) is 5.41. The van der Waals surface area contributed by atoms with Crippen LogP contribution in [-0.2, 0) is 6.54 Å². The Kier molecular flexibility index (Phi) is 5.35. The van der Waals surface area contributed by atoms with Crippen LogP contribution < -0.4 is 0 Å². The first-order valence-corrected chi connectivity index (χ1v) is 7.79. The zero-order chi connectivity index (χ0) is 15.2. The van der Waals surface area contributed by atoms with Crippen LogP contribution in [0.1, 0.15) is 45.5 Å². The van der Waals surface area contributed by atoms with E-state index in [0.717, 1.165) is 42.8 Å². The summed E-state index contributed by atoms with van der Waals surface area (Å²) in [6, 6.07) is 10.5. The number of rotatable bonds is 7. The summed E-state index contributed by atoms with van der Waals surface area (Å²) in [5.41, 5.74) is 2.02. The van der Waals surface area contributed by atoms with Gasteiger partial charge in [-0.05, 0) is 45.0 Å². The Hall–Kier alpha value is -1.86. The number of nitrogens with zero attached hydrogens (tertiary/aromatic N) is 4. The third-order valence-electron chi connectivity index (χ3n) is 3.86. The molecule has 112 valence electrons. The molecule has 2 aromatic rings. The SMILES string of the molecule is CCCN(CCC)C(C)c1nc2ccccc2n1CC#N. The van der Waals surface area contributed by atoms with E-state index in [1.807, 2.05) is 24.3 Å². The molecule has 0 saturated heterocycles. The quantitative estimate of drug-likeness (QED) is 0.778. The third-order valence-corrected chi connectivity index (χ3v) is 3.86. The normalized spacial score (nSPS) is 12.7. The first-order chi connectivity index (χ1) is 10.2. The van der Waals surface area contributed by atoms with Crippen LogP contribution in [-0.4, -0.2) is 27.5 Å². The fourth-order valence-corrected chi connectivity index (χ4v) is 2.89. The average molecular weight is 284 g/mol. The van der Waals surface area contributed by atoms with E-state index in [0.29, 0.717) is 6.54 Å². The van der Waals surface area contributed by atoms with Gasteiger partial charge in [-0.25, -0.2) is 4.98 Å². The molecule has 2 rings (SSSR count). The van der Waals surface area contributed by atoms with Gasteiger partial charge in [0.25, 0.3) is 0 Å². The van der Waals surface area contributed by atoms with Crippen LogP contribution in [0.25, 0.3) is 11.0 Å². The maximum absolute atomic E-state index is 9.14. The number of nitriles is 1. The predicted molar refractivity (Wildman–Crippen MR) is 85.9 cm³/mol. The third kappa shape index (κ3) is 3.25. The standard InChI is InChI=1S/C17H24N4/c1-4-11-20(12-5-2)14(3)17-19-15-8-6-7-9-16(15)21(17)13-10-18/h6-9,14H,4-5,11-13H2,1-3H3. The van der Waals surface area contributed by atoms with Crippen molar-refractivity contribution in [3.05, 3.63) is 30.1 Å². The van der Waals surface area contributed by atoms with E-state index in [1.54, 1.807) is 0 Å². The van der Waals surface area contributed by atoms with E-state index in [-0.39, 0.29) is 6.04 Å². The number of benzene rings is 1. The topological polar surface area (TPSA) is 44.9 Å². The smallest absolute Gasteiger partial charge is 0.127 e. The molecular weight excluding hydrogens is 260 g/mol. The van der Waals surface area contributed by atoms with Gasteiger partial charge in [0.2, 0.25) is 0 Å². The molecule has 0 radical (unpaired) electrons. The van der Waals surface area contributed by atoms with Gasteiger partial charge in [0, 0.05) is 0 Å². The first-order valence-electron chi connectivity index (χ1n) is 7.79. The van der Waals surface area contributed by atoms with E-state index >= 15 is 0 Å². The molecule has 21 heavy (non-hydrogen) atoms. The van der Waals surface area contributed by atoms with Gasteiger partial charge in [0.1, 0.15) is 12.4 Å². The fourth-order valence-electron chi connectivity index (χ4n) is 2.89. The van der Waals surface area contributed by atoms with Crippen molar-refractivity contribution in [1.29, 1.82) is 5.26 Å². The minimum absolute atomic E-state index is 0.227. The van der Waals surface area contributed by atoms with Gasteiger partial charge in [0.05, 0.1) is 23.1 Å². The highest BCUT2D eigenvalue weighted by atomic mass is 15.2. The summed E-state index contributed by atoms with van der Waals surface area (Å²) in [4.78, 5) is 7.24. The number of imidazole rings is 1. The number of hydrogen-bond donors (Lipinski definition) is 0. The van der Waals surface area contributed by atoms with Crippen molar-refractivity contribution in [2.75, 3.05) is 13.1 Å². The summed E-state index contributed by atoms with van der Waals surface area (Å²) in [7, 11) is 0. The Labute approximate surface area is 127 Å². The molecule has 1 aromatic heterocycles. The summed E-state index contributed by atoms with van der Waals surface area (Å²) in [5.74, 6) is 1.000. The van der Waals surface area contributed by atoms with Crippen molar-refractivity contribution >= 4 is 11.0 Å². The molecule has 1 aromatic carbocycles. The second-order valence-electron chi connectivity index (χ2n) is 5.41. The molecule has 1 unspecified atom stereocenters. The van der Waals surface area contributed by atoms with Crippen molar-refractivity contribution in [1.82, 2.24) is 14.5 Å². The lowest BCUT2D eigenvalue weighted by molar-refractivity contribution is 0.201. The molecule has 4 heteroatoms. The van der Waals surface area contributed by atoms with Gasteiger partial charge in [-0.3, -0.25) is 4.90 Å². The molecule has 0 saturated carbocycles. The van der Waals surface area contributed by atoms with Gasteiger partial charge in [0.15, 0.2) is 0 Å². The molecule has 1 heterocycles. The Bertz CT molecular complexity index is 617. The summed E-state index contributed by atoms with van der Waals surface area (Å²) in [6.07, 6.45) is 2.26. The van der Waals surface area contributed by atoms with Gasteiger partial charge in [-0.1, -0.05) is 26.0 Å². The van der Waals surface area contributed by atoms with Gasteiger partial charge < -0.3 is 4.57 Å². The lowest BCUT2D eigenvalue weighted by atomic mass is 10.2. The molecule has 0 N–H and O–H groups in total. The fraction of sp³-hybridized carbons (Fsp3) is 0.529. The van der Waals surface area contributed by atoms with Crippen molar-refractivity contribution in [3.8, 4) is 6.07 Å². The maximum Gasteiger partial charge on any atom is 0.127 e. The van der Waals surface area contributed by atoms with Crippen LogP contribution in [0.2, 0.25) is 0 Å². The molecular formula is C17H24N4. The highest BCUT2D eigenvalue weighted by Gasteiger charge is 2.21. The summed E-state index contributed by atoms with van der Waals surface area (Å²) < 4.78 is 2.05. The predicted octanol–water partition coefficient (Wildman–Crippen LogP) is 3.74. The van der Waals surface area contributed by atoms with Crippen molar-refractivity contribution < 1.29 is 0 Å². The van der Waals surface area contributed by atoms with Gasteiger partial charge in [-0.15, -0.1) is 0 Å². The average Bonchev–Trinajstić information content (AvgIpc) is 2.86. The monoisotopic (exact) mass is 284 g/mol. The molecule has 1 atom stereocenters. The number of para-hydroxylation sites is 2. The summed E-state index contributed by atoms with van der Waals surface area (Å²) in [5, 5.41) is 9.14.